The zero-order chi connectivity index (χ0) is 20.6. The lowest BCUT2D eigenvalue weighted by atomic mass is 9.96. The van der Waals surface area contributed by atoms with E-state index >= 15 is 4.39 Å². The number of nitrogens with one attached hydrogen (secondary N) is 1. The van der Waals surface area contributed by atoms with Crippen LogP contribution in [0.2, 0.25) is 0 Å². The first-order chi connectivity index (χ1) is 13.8. The van der Waals surface area contributed by atoms with E-state index in [0.717, 1.165) is 12.0 Å². The van der Waals surface area contributed by atoms with E-state index in [2.05, 4.69) is 5.43 Å². The molecule has 13 heteroatoms. The van der Waals surface area contributed by atoms with Gasteiger partial charge in [-0.3, -0.25) is 10.6 Å². The molecule has 0 aliphatic carbocycles. The molecule has 1 aromatic carbocycles. The molecule has 31 heavy (non-hydrogen) atoms. The number of thiophene rings is 1. The van der Waals surface area contributed by atoms with E-state index in [9.17, 15) is 14.7 Å². The molecule has 1 saturated heterocycles. The number of halogens is 3. The third kappa shape index (κ3) is 3.03. The number of hydrazine groups is 1. The number of rotatable bonds is 2. The van der Waals surface area contributed by atoms with Gasteiger partial charge in [-0.2, -0.15) is 0 Å². The highest BCUT2D eigenvalue weighted by Gasteiger charge is 2.35. The SMILES string of the molecule is CN1Cc2csc3c2c2c1c(N1CCC(N)C1)c(F)c(NN)c2c(=O)n3C(=O)O.Cl.Cl. The minimum Gasteiger partial charge on any atom is -0.464 e. The summed E-state index contributed by atoms with van der Waals surface area (Å²) in [7, 11) is 1.83. The molecule has 2 aliphatic rings. The van der Waals surface area contributed by atoms with E-state index in [1.807, 2.05) is 22.2 Å². The number of aromatic nitrogens is 1. The predicted molar refractivity (Wildman–Crippen MR) is 126 cm³/mol. The van der Waals surface area contributed by atoms with E-state index < -0.39 is 17.5 Å². The molecule has 9 nitrogen and oxygen atoms in total. The molecule has 1 atom stereocenters. The molecule has 2 aromatic heterocycles. The van der Waals surface area contributed by atoms with E-state index in [4.69, 9.17) is 11.6 Å². The van der Waals surface area contributed by atoms with Crippen LogP contribution in [0.1, 0.15) is 12.0 Å². The summed E-state index contributed by atoms with van der Waals surface area (Å²) in [5.41, 5.74) is 9.13. The summed E-state index contributed by atoms with van der Waals surface area (Å²) in [4.78, 5) is 29.1. The third-order valence-corrected chi connectivity index (χ3v) is 6.78. The fraction of sp³-hybridized carbons (Fsp3) is 0.333. The maximum atomic E-state index is 15.7. The Morgan fingerprint density at radius 1 is 1.29 bits per heavy atom. The lowest BCUT2D eigenvalue weighted by Gasteiger charge is -2.33. The molecule has 0 amide bonds. The highest BCUT2D eigenvalue weighted by atomic mass is 35.5. The Kier molecular flexibility index (Phi) is 6.02. The van der Waals surface area contributed by atoms with Crippen molar-refractivity contribution >= 4 is 80.3 Å². The molecular weight excluding hydrogens is 470 g/mol. The van der Waals surface area contributed by atoms with Crippen molar-refractivity contribution in [1.29, 1.82) is 0 Å². The molecule has 168 valence electrons. The minimum absolute atomic E-state index is 0. The zero-order valence-corrected chi connectivity index (χ0v) is 18.8. The lowest BCUT2D eigenvalue weighted by Crippen LogP contribution is -2.33. The van der Waals surface area contributed by atoms with Gasteiger partial charge in [-0.1, -0.05) is 0 Å². The highest BCUT2D eigenvalue weighted by Crippen LogP contribution is 2.50. The number of nitrogens with zero attached hydrogens (tertiary/aromatic N) is 3. The molecule has 0 spiro atoms. The van der Waals surface area contributed by atoms with Gasteiger partial charge in [-0.15, -0.1) is 36.2 Å². The van der Waals surface area contributed by atoms with Crippen molar-refractivity contribution < 1.29 is 14.3 Å². The summed E-state index contributed by atoms with van der Waals surface area (Å²) in [6, 6.07) is -0.0720. The topological polar surface area (TPSA) is 130 Å². The van der Waals surface area contributed by atoms with Crippen LogP contribution >= 0.6 is 36.2 Å². The van der Waals surface area contributed by atoms with Gasteiger partial charge in [0.15, 0.2) is 5.82 Å². The highest BCUT2D eigenvalue weighted by molar-refractivity contribution is 7.17. The fourth-order valence-corrected chi connectivity index (χ4v) is 5.64. The lowest BCUT2D eigenvalue weighted by molar-refractivity contribution is 0.197. The van der Waals surface area contributed by atoms with E-state index in [1.54, 1.807) is 0 Å². The van der Waals surface area contributed by atoms with Crippen LogP contribution in [-0.4, -0.2) is 41.9 Å². The van der Waals surface area contributed by atoms with Crippen LogP contribution in [0, 0.1) is 5.82 Å². The molecule has 4 heterocycles. The van der Waals surface area contributed by atoms with Gasteiger partial charge in [0.2, 0.25) is 0 Å². The van der Waals surface area contributed by atoms with Crippen LogP contribution in [0.15, 0.2) is 10.2 Å². The largest absolute Gasteiger partial charge is 0.464 e. The van der Waals surface area contributed by atoms with Gasteiger partial charge in [0.05, 0.1) is 16.8 Å². The van der Waals surface area contributed by atoms with Crippen LogP contribution in [0.3, 0.4) is 0 Å². The van der Waals surface area contributed by atoms with Crippen LogP contribution in [0.5, 0.6) is 0 Å². The minimum atomic E-state index is -1.41. The van der Waals surface area contributed by atoms with Crippen LogP contribution in [0.4, 0.5) is 26.2 Å². The first-order valence-corrected chi connectivity index (χ1v) is 9.98. The van der Waals surface area contributed by atoms with Crippen molar-refractivity contribution in [2.24, 2.45) is 11.6 Å². The monoisotopic (exact) mass is 490 g/mol. The number of pyridine rings is 1. The first kappa shape index (κ1) is 23.4. The standard InChI is InChI=1S/C18H19FN6O3S.2ClH/c1-23-4-7-6-29-17-9(7)10-11(16(26)25(17)18(27)28)13(22-21)12(19)15(14(10)23)24-3-2-8(20)5-24;;/h6,8,22H,2-5,20-21H2,1H3,(H,27,28);2*1H. The number of benzene rings is 1. The summed E-state index contributed by atoms with van der Waals surface area (Å²) in [6.07, 6.45) is -0.685. The van der Waals surface area contributed by atoms with Crippen molar-refractivity contribution in [2.75, 3.05) is 35.4 Å². The summed E-state index contributed by atoms with van der Waals surface area (Å²) < 4.78 is 16.4. The number of nitrogen functional groups attached to an aromatic ring is 1. The van der Waals surface area contributed by atoms with E-state index in [0.29, 0.717) is 51.2 Å². The predicted octanol–water partition coefficient (Wildman–Crippen LogP) is 2.50. The molecule has 6 N–H and O–H groups in total. The summed E-state index contributed by atoms with van der Waals surface area (Å²) in [6.45, 7) is 1.54. The fourth-order valence-electron chi connectivity index (χ4n) is 4.58. The molecule has 0 bridgehead atoms. The van der Waals surface area contributed by atoms with Gasteiger partial charge in [0.25, 0.3) is 5.56 Å². The van der Waals surface area contributed by atoms with E-state index in [-0.39, 0.29) is 41.9 Å². The maximum Gasteiger partial charge on any atom is 0.419 e. The Morgan fingerprint density at radius 2 is 2.00 bits per heavy atom. The smallest absolute Gasteiger partial charge is 0.419 e. The second-order valence-corrected chi connectivity index (χ2v) is 8.35. The van der Waals surface area contributed by atoms with Gasteiger partial charge in [0, 0.05) is 43.5 Å². The summed E-state index contributed by atoms with van der Waals surface area (Å²) in [5, 5.41) is 12.6. The Morgan fingerprint density at radius 3 is 2.58 bits per heavy atom. The molecule has 2 aliphatic heterocycles. The number of anilines is 3. The summed E-state index contributed by atoms with van der Waals surface area (Å²) in [5.74, 6) is 4.95. The molecule has 0 radical (unpaired) electrons. The Balaban J connectivity index is 0.00000136. The number of carboxylic acid groups (broad SMARTS) is 1. The quantitative estimate of drug-likeness (QED) is 0.318. The third-order valence-electron chi connectivity index (χ3n) is 5.77. The van der Waals surface area contributed by atoms with Crippen molar-refractivity contribution in [1.82, 2.24) is 4.57 Å². The Bertz CT molecular complexity index is 1280. The molecule has 1 unspecified atom stereocenters. The molecular formula is C18H21Cl2FN6O3S. The number of nitrogens with two attached hydrogens (primary N) is 2. The normalized spacial score (nSPS) is 17.2. The molecule has 1 fully saturated rings. The van der Waals surface area contributed by atoms with Crippen LogP contribution in [0.25, 0.3) is 21.0 Å². The zero-order valence-electron chi connectivity index (χ0n) is 16.3. The van der Waals surface area contributed by atoms with Crippen molar-refractivity contribution in [3.63, 3.8) is 0 Å². The summed E-state index contributed by atoms with van der Waals surface area (Å²) >= 11 is 1.19. The van der Waals surface area contributed by atoms with Gasteiger partial charge in [-0.25, -0.2) is 13.8 Å². The molecule has 5 rings (SSSR count). The van der Waals surface area contributed by atoms with Gasteiger partial charge >= 0.3 is 6.09 Å². The van der Waals surface area contributed by atoms with Crippen molar-refractivity contribution in [3.8, 4) is 0 Å². The first-order valence-electron chi connectivity index (χ1n) is 9.11. The number of hydrogen-bond acceptors (Lipinski definition) is 8. The van der Waals surface area contributed by atoms with Crippen LogP contribution in [-0.2, 0) is 6.54 Å². The average Bonchev–Trinajstić information content (AvgIpc) is 3.27. The second kappa shape index (κ2) is 7.99. The Labute approximate surface area is 192 Å². The van der Waals surface area contributed by atoms with Gasteiger partial charge < -0.3 is 26.1 Å². The number of hydrogen-bond donors (Lipinski definition) is 4. The van der Waals surface area contributed by atoms with Gasteiger partial charge in [-0.05, 0) is 17.4 Å². The molecule has 0 saturated carbocycles. The maximum absolute atomic E-state index is 15.7. The second-order valence-electron chi connectivity index (χ2n) is 7.50. The van der Waals surface area contributed by atoms with Crippen molar-refractivity contribution in [3.05, 3.63) is 27.1 Å². The van der Waals surface area contributed by atoms with E-state index in [1.165, 1.54) is 11.3 Å². The molecule has 3 aromatic rings. The average molecular weight is 491 g/mol. The van der Waals surface area contributed by atoms with Gasteiger partial charge in [0.1, 0.15) is 10.5 Å². The van der Waals surface area contributed by atoms with Crippen molar-refractivity contribution in [2.45, 2.75) is 19.0 Å². The Hall–Kier alpha value is -2.31. The van der Waals surface area contributed by atoms with Crippen LogP contribution < -0.4 is 32.4 Å². The number of carbonyl (C=O) groups is 1.